The van der Waals surface area contributed by atoms with E-state index in [1.54, 1.807) is 17.0 Å². The minimum absolute atomic E-state index is 0. The molecule has 0 aromatic heterocycles. The van der Waals surface area contributed by atoms with E-state index in [-0.39, 0.29) is 49.1 Å². The maximum Gasteiger partial charge on any atom is 0.414 e. The fourth-order valence-electron chi connectivity index (χ4n) is 7.37. The molecule has 0 N–H and O–H groups in total. The van der Waals surface area contributed by atoms with E-state index < -0.39 is 0 Å². The molecule has 204 valence electrons. The number of likely N-dealkylation sites (tertiary alicyclic amines) is 1. The third-order valence-corrected chi connectivity index (χ3v) is 9.18. The Hall–Kier alpha value is -2.39. The monoisotopic (exact) mass is 517 g/mol. The summed E-state index contributed by atoms with van der Waals surface area (Å²) in [4.78, 5) is 32.1. The number of carbonyl (C=O) groups excluding carboxylic acids is 2. The van der Waals surface area contributed by atoms with Gasteiger partial charge in [-0.2, -0.15) is 0 Å². The van der Waals surface area contributed by atoms with Crippen LogP contribution in [0.1, 0.15) is 65.8 Å². The van der Waals surface area contributed by atoms with Crippen molar-refractivity contribution in [3.05, 3.63) is 29.6 Å². The van der Waals surface area contributed by atoms with Crippen molar-refractivity contribution in [3.8, 4) is 0 Å². The summed E-state index contributed by atoms with van der Waals surface area (Å²) in [7, 11) is 0. The van der Waals surface area contributed by atoms with Gasteiger partial charge in [0.15, 0.2) is 0 Å². The van der Waals surface area contributed by atoms with Gasteiger partial charge in [0.1, 0.15) is 11.9 Å². The number of anilines is 1. The molecule has 5 heterocycles. The Morgan fingerprint density at radius 2 is 1.81 bits per heavy atom. The molecule has 4 saturated heterocycles. The predicted octanol–water partition coefficient (Wildman–Crippen LogP) is 4.69. The van der Waals surface area contributed by atoms with Gasteiger partial charge in [-0.25, -0.2) is 14.0 Å². The van der Waals surface area contributed by atoms with Crippen molar-refractivity contribution in [1.82, 2.24) is 9.80 Å². The number of halogens is 1. The Balaban J connectivity index is 0.00000294. The van der Waals surface area contributed by atoms with Crippen molar-refractivity contribution < 1.29 is 29.6 Å². The number of ether oxygens (including phenoxy) is 3. The fraction of sp³-hybridized carbons (Fsp3) is 0.714. The van der Waals surface area contributed by atoms with Crippen molar-refractivity contribution in [2.45, 2.75) is 94.5 Å². The standard InChI is InChI=1S/C28H38FN3O5.H2/c1-18(2)36-27(34)32-20-4-5-21(32)15-22(14-20)30-10-8-28(9-11-30)17-31(25-6-3-19(29)13-24(25)28)26(33)37-23-7-12-35-16-23;/h3,6,13,18,20-23H,4-5,7-12,14-17H2,1-2H3;1H/t20?,21?,22?,23-;/m1./s1. The minimum Gasteiger partial charge on any atom is -0.447 e. The summed E-state index contributed by atoms with van der Waals surface area (Å²) in [6.07, 6.45) is 5.64. The number of amides is 2. The highest BCUT2D eigenvalue weighted by Gasteiger charge is 2.50. The summed E-state index contributed by atoms with van der Waals surface area (Å²) < 4.78 is 31.0. The molecule has 3 atom stereocenters. The van der Waals surface area contributed by atoms with Gasteiger partial charge in [-0.15, -0.1) is 0 Å². The van der Waals surface area contributed by atoms with Gasteiger partial charge >= 0.3 is 12.2 Å². The van der Waals surface area contributed by atoms with Crippen LogP contribution in [-0.4, -0.2) is 85.2 Å². The molecule has 2 bridgehead atoms. The lowest BCUT2D eigenvalue weighted by Crippen LogP contribution is -2.55. The van der Waals surface area contributed by atoms with E-state index in [2.05, 4.69) is 4.90 Å². The zero-order valence-corrected chi connectivity index (χ0v) is 21.9. The van der Waals surface area contributed by atoms with Gasteiger partial charge in [0.25, 0.3) is 0 Å². The van der Waals surface area contributed by atoms with Crippen molar-refractivity contribution >= 4 is 17.9 Å². The van der Waals surface area contributed by atoms with Crippen LogP contribution in [0.3, 0.4) is 0 Å². The van der Waals surface area contributed by atoms with Crippen LogP contribution in [0.5, 0.6) is 0 Å². The molecule has 6 rings (SSSR count). The van der Waals surface area contributed by atoms with Gasteiger partial charge in [-0.05, 0) is 89.2 Å². The lowest BCUT2D eigenvalue weighted by Gasteiger charge is -2.47. The molecule has 2 unspecified atom stereocenters. The first-order chi connectivity index (χ1) is 17.8. The molecule has 0 aliphatic carbocycles. The van der Waals surface area contributed by atoms with Crippen LogP contribution in [0.25, 0.3) is 0 Å². The van der Waals surface area contributed by atoms with Crippen LogP contribution in [0.2, 0.25) is 0 Å². The van der Waals surface area contributed by atoms with E-state index in [4.69, 9.17) is 14.2 Å². The maximum atomic E-state index is 14.4. The van der Waals surface area contributed by atoms with Gasteiger partial charge in [0.05, 0.1) is 25.0 Å². The van der Waals surface area contributed by atoms with Gasteiger partial charge in [0, 0.05) is 37.9 Å². The van der Waals surface area contributed by atoms with Gasteiger partial charge in [0.2, 0.25) is 0 Å². The van der Waals surface area contributed by atoms with Gasteiger partial charge in [-0.3, -0.25) is 4.90 Å². The fourth-order valence-corrected chi connectivity index (χ4v) is 7.37. The van der Waals surface area contributed by atoms with E-state index in [9.17, 15) is 14.0 Å². The molecular weight excluding hydrogens is 477 g/mol. The lowest BCUT2D eigenvalue weighted by molar-refractivity contribution is 0.0174. The maximum absolute atomic E-state index is 14.4. The topological polar surface area (TPSA) is 71.6 Å². The smallest absolute Gasteiger partial charge is 0.414 e. The number of nitrogens with zero attached hydrogens (tertiary/aromatic N) is 3. The normalized spacial score (nSPS) is 30.7. The van der Waals surface area contributed by atoms with Crippen LogP contribution in [0, 0.1) is 5.82 Å². The Morgan fingerprint density at radius 1 is 1.08 bits per heavy atom. The quantitative estimate of drug-likeness (QED) is 0.579. The molecule has 37 heavy (non-hydrogen) atoms. The predicted molar refractivity (Wildman–Crippen MR) is 137 cm³/mol. The zero-order chi connectivity index (χ0) is 25.7. The first kappa shape index (κ1) is 24.9. The van der Waals surface area contributed by atoms with Crippen molar-refractivity contribution in [3.63, 3.8) is 0 Å². The van der Waals surface area contributed by atoms with Crippen LogP contribution >= 0.6 is 0 Å². The highest BCUT2D eigenvalue weighted by Crippen LogP contribution is 2.49. The number of fused-ring (bicyclic) bond motifs is 4. The Labute approximate surface area is 219 Å². The molecular formula is C28H40FN3O5. The highest BCUT2D eigenvalue weighted by molar-refractivity contribution is 5.91. The Morgan fingerprint density at radius 3 is 2.46 bits per heavy atom. The van der Waals surface area contributed by atoms with Crippen LogP contribution in [-0.2, 0) is 19.6 Å². The number of hydrogen-bond acceptors (Lipinski definition) is 6. The van der Waals surface area contributed by atoms with Crippen molar-refractivity contribution in [2.75, 3.05) is 37.7 Å². The second-order valence-electron chi connectivity index (χ2n) is 11.8. The van der Waals surface area contributed by atoms with E-state index >= 15 is 0 Å². The largest absolute Gasteiger partial charge is 0.447 e. The van der Waals surface area contributed by atoms with Gasteiger partial charge < -0.3 is 24.0 Å². The summed E-state index contributed by atoms with van der Waals surface area (Å²) in [6.45, 7) is 7.16. The van der Waals surface area contributed by atoms with E-state index in [1.165, 1.54) is 6.07 Å². The SMILES string of the molecule is CC(C)OC(=O)N1C2CCC1CC(N1CCC3(CC1)CN(C(=O)O[C@@H]1CCOC1)c1ccc(F)cc13)C2.[HH]. The van der Waals surface area contributed by atoms with Crippen LogP contribution < -0.4 is 4.90 Å². The molecule has 9 heteroatoms. The average Bonchev–Trinajstić information content (AvgIpc) is 3.55. The number of piperidine rings is 2. The molecule has 0 radical (unpaired) electrons. The van der Waals surface area contributed by atoms with Crippen molar-refractivity contribution in [2.24, 2.45) is 0 Å². The number of benzene rings is 1. The molecule has 2 amide bonds. The first-order valence-electron chi connectivity index (χ1n) is 13.9. The Kier molecular flexibility index (Phi) is 6.55. The summed E-state index contributed by atoms with van der Waals surface area (Å²) in [6, 6.07) is 5.71. The summed E-state index contributed by atoms with van der Waals surface area (Å²) in [5, 5.41) is 0. The molecule has 4 fully saturated rings. The van der Waals surface area contributed by atoms with Gasteiger partial charge in [-0.1, -0.05) is 0 Å². The second-order valence-corrected chi connectivity index (χ2v) is 11.8. The number of rotatable bonds is 3. The third-order valence-electron chi connectivity index (χ3n) is 9.18. The lowest BCUT2D eigenvalue weighted by atomic mass is 9.73. The second kappa shape index (κ2) is 9.73. The summed E-state index contributed by atoms with van der Waals surface area (Å²) in [5.41, 5.74) is 1.44. The average molecular weight is 518 g/mol. The molecule has 1 aromatic rings. The molecule has 5 aliphatic rings. The molecule has 8 nitrogen and oxygen atoms in total. The zero-order valence-electron chi connectivity index (χ0n) is 21.9. The minimum atomic E-state index is -0.361. The first-order valence-corrected chi connectivity index (χ1v) is 13.9. The molecule has 5 aliphatic heterocycles. The van der Waals surface area contributed by atoms with Crippen LogP contribution in [0.15, 0.2) is 18.2 Å². The van der Waals surface area contributed by atoms with E-state index in [1.807, 2.05) is 18.7 Å². The highest BCUT2D eigenvalue weighted by atomic mass is 19.1. The Bertz CT molecular complexity index is 1030. The van der Waals surface area contributed by atoms with E-state index in [0.717, 1.165) is 62.9 Å². The number of carbonyl (C=O) groups is 2. The molecule has 1 spiro atoms. The molecule has 1 aromatic carbocycles. The van der Waals surface area contributed by atoms with Crippen LogP contribution in [0.4, 0.5) is 19.7 Å². The van der Waals surface area contributed by atoms with E-state index in [0.29, 0.717) is 32.2 Å². The summed E-state index contributed by atoms with van der Waals surface area (Å²) >= 11 is 0. The molecule has 0 saturated carbocycles. The third kappa shape index (κ3) is 4.58. The van der Waals surface area contributed by atoms with Crippen molar-refractivity contribution in [1.29, 1.82) is 0 Å². The number of hydrogen-bond donors (Lipinski definition) is 0. The summed E-state index contributed by atoms with van der Waals surface area (Å²) in [5.74, 6) is -0.266.